The van der Waals surface area contributed by atoms with Gasteiger partial charge in [0.15, 0.2) is 0 Å². The highest BCUT2D eigenvalue weighted by Gasteiger charge is 2.23. The highest BCUT2D eigenvalue weighted by molar-refractivity contribution is 5.30. The Morgan fingerprint density at radius 2 is 1.77 bits per heavy atom. The summed E-state index contributed by atoms with van der Waals surface area (Å²) < 4.78 is 13.2. The first-order chi connectivity index (χ1) is 10.7. The average molecular weight is 303 g/mol. The maximum absolute atomic E-state index is 13.2. The van der Waals surface area contributed by atoms with Gasteiger partial charge in [0.1, 0.15) is 5.82 Å². The third-order valence-corrected chi connectivity index (χ3v) is 5.86. The minimum Gasteiger partial charge on any atom is -0.314 e. The predicted molar refractivity (Wildman–Crippen MR) is 90.7 cm³/mol. The molecule has 1 N–H and O–H groups in total. The predicted octanol–water partition coefficient (Wildman–Crippen LogP) is 5.33. The lowest BCUT2D eigenvalue weighted by molar-refractivity contribution is 0.302. The molecule has 22 heavy (non-hydrogen) atoms. The minimum absolute atomic E-state index is 0.104. The van der Waals surface area contributed by atoms with Crippen LogP contribution >= 0.6 is 0 Å². The minimum atomic E-state index is -0.104. The van der Waals surface area contributed by atoms with Gasteiger partial charge >= 0.3 is 0 Å². The van der Waals surface area contributed by atoms with Gasteiger partial charge < -0.3 is 5.32 Å². The summed E-state index contributed by atoms with van der Waals surface area (Å²) in [4.78, 5) is 0. The Morgan fingerprint density at radius 1 is 1.05 bits per heavy atom. The smallest absolute Gasteiger partial charge is 0.123 e. The van der Waals surface area contributed by atoms with Gasteiger partial charge in [-0.25, -0.2) is 4.39 Å². The molecule has 2 aliphatic rings. The van der Waals surface area contributed by atoms with Crippen molar-refractivity contribution < 1.29 is 4.39 Å². The zero-order chi connectivity index (χ0) is 15.4. The molecule has 3 rings (SSSR count). The summed E-state index contributed by atoms with van der Waals surface area (Å²) in [5.41, 5.74) is 2.51. The van der Waals surface area contributed by atoms with E-state index in [1.807, 2.05) is 6.07 Å². The number of benzene rings is 1. The van der Waals surface area contributed by atoms with Crippen molar-refractivity contribution >= 4 is 0 Å². The van der Waals surface area contributed by atoms with Gasteiger partial charge in [-0.3, -0.25) is 0 Å². The van der Waals surface area contributed by atoms with Crippen LogP contribution in [0.4, 0.5) is 4.39 Å². The molecule has 0 atom stereocenters. The highest BCUT2D eigenvalue weighted by Crippen LogP contribution is 2.38. The van der Waals surface area contributed by atoms with Crippen molar-refractivity contribution in [3.05, 3.63) is 35.1 Å². The van der Waals surface area contributed by atoms with E-state index in [4.69, 9.17) is 0 Å². The largest absolute Gasteiger partial charge is 0.314 e. The van der Waals surface area contributed by atoms with Gasteiger partial charge in [0, 0.05) is 6.04 Å². The molecular weight excluding hydrogens is 273 g/mol. The number of hydrogen-bond donors (Lipinski definition) is 1. The van der Waals surface area contributed by atoms with Crippen LogP contribution in [0, 0.1) is 18.7 Å². The average Bonchev–Trinajstić information content (AvgIpc) is 3.02. The fraction of sp³-hybridized carbons (Fsp3) is 0.700. The van der Waals surface area contributed by atoms with Crippen LogP contribution in [0.1, 0.15) is 74.8 Å². The first-order valence-electron chi connectivity index (χ1n) is 9.22. The fourth-order valence-corrected chi connectivity index (χ4v) is 4.48. The Hall–Kier alpha value is -0.890. The summed E-state index contributed by atoms with van der Waals surface area (Å²) in [5.74, 6) is 1.44. The number of hydrogen-bond acceptors (Lipinski definition) is 1. The third-order valence-electron chi connectivity index (χ3n) is 5.86. The van der Waals surface area contributed by atoms with Crippen molar-refractivity contribution in [1.82, 2.24) is 5.32 Å². The molecule has 2 saturated carbocycles. The fourth-order valence-electron chi connectivity index (χ4n) is 4.48. The van der Waals surface area contributed by atoms with E-state index in [1.54, 1.807) is 12.1 Å². The lowest BCUT2D eigenvalue weighted by Gasteiger charge is -2.30. The van der Waals surface area contributed by atoms with Gasteiger partial charge in [0.2, 0.25) is 0 Å². The number of aryl methyl sites for hydroxylation is 1. The Bertz CT molecular complexity index is 471. The second kappa shape index (κ2) is 7.59. The van der Waals surface area contributed by atoms with E-state index in [0.29, 0.717) is 5.92 Å². The second-order valence-electron chi connectivity index (χ2n) is 7.44. The van der Waals surface area contributed by atoms with Gasteiger partial charge in [-0.05, 0) is 93.5 Å². The first-order valence-corrected chi connectivity index (χ1v) is 9.22. The van der Waals surface area contributed by atoms with Gasteiger partial charge in [-0.1, -0.05) is 18.9 Å². The molecule has 0 amide bonds. The maximum Gasteiger partial charge on any atom is 0.123 e. The molecule has 122 valence electrons. The summed E-state index contributed by atoms with van der Waals surface area (Å²) in [6, 6.07) is 6.13. The van der Waals surface area contributed by atoms with Crippen molar-refractivity contribution in [2.24, 2.45) is 5.92 Å². The van der Waals surface area contributed by atoms with Crippen LogP contribution in [0.5, 0.6) is 0 Å². The van der Waals surface area contributed by atoms with Crippen molar-refractivity contribution in [2.75, 3.05) is 6.54 Å². The van der Waals surface area contributed by atoms with Crippen LogP contribution in [0.15, 0.2) is 18.2 Å². The zero-order valence-electron chi connectivity index (χ0n) is 13.9. The van der Waals surface area contributed by atoms with Crippen molar-refractivity contribution in [2.45, 2.75) is 76.7 Å². The zero-order valence-corrected chi connectivity index (χ0v) is 13.9. The molecule has 0 saturated heterocycles. The molecule has 1 aromatic rings. The van der Waals surface area contributed by atoms with Gasteiger partial charge in [0.25, 0.3) is 0 Å². The molecule has 2 aliphatic carbocycles. The highest BCUT2D eigenvalue weighted by atomic mass is 19.1. The van der Waals surface area contributed by atoms with E-state index in [9.17, 15) is 4.39 Å². The van der Waals surface area contributed by atoms with E-state index in [2.05, 4.69) is 12.2 Å². The Kier molecular flexibility index (Phi) is 5.51. The molecular formula is C20H30FN. The number of nitrogens with one attached hydrogen (secondary N) is 1. The molecule has 2 fully saturated rings. The summed E-state index contributed by atoms with van der Waals surface area (Å²) >= 11 is 0. The van der Waals surface area contributed by atoms with Crippen molar-refractivity contribution in [1.29, 1.82) is 0 Å². The normalized spacial score (nSPS) is 26.5. The Morgan fingerprint density at radius 3 is 2.45 bits per heavy atom. The van der Waals surface area contributed by atoms with E-state index < -0.39 is 0 Å². The lowest BCUT2D eigenvalue weighted by Crippen LogP contribution is -2.28. The topological polar surface area (TPSA) is 12.0 Å². The van der Waals surface area contributed by atoms with Crippen LogP contribution in [-0.2, 0) is 0 Å². The van der Waals surface area contributed by atoms with E-state index in [1.165, 1.54) is 69.9 Å². The lowest BCUT2D eigenvalue weighted by atomic mass is 9.76. The molecule has 1 nitrogen and oxygen atoms in total. The number of rotatable bonds is 5. The van der Waals surface area contributed by atoms with E-state index in [-0.39, 0.29) is 5.82 Å². The molecule has 1 aromatic carbocycles. The SMILES string of the molecule is Cc1cc(F)ccc1C1CCC(CCNC2CCCC2)CC1. The van der Waals surface area contributed by atoms with Crippen molar-refractivity contribution in [3.63, 3.8) is 0 Å². The summed E-state index contributed by atoms with van der Waals surface area (Å²) in [7, 11) is 0. The van der Waals surface area contributed by atoms with Crippen molar-refractivity contribution in [3.8, 4) is 0 Å². The van der Waals surface area contributed by atoms with Crippen LogP contribution in [0.3, 0.4) is 0 Å². The summed E-state index contributed by atoms with van der Waals surface area (Å²) in [5, 5.41) is 3.75. The molecule has 0 radical (unpaired) electrons. The number of halogens is 1. The maximum atomic E-state index is 13.2. The van der Waals surface area contributed by atoms with E-state index >= 15 is 0 Å². The second-order valence-corrected chi connectivity index (χ2v) is 7.44. The van der Waals surface area contributed by atoms with E-state index in [0.717, 1.165) is 17.5 Å². The molecule has 0 spiro atoms. The molecule has 0 aliphatic heterocycles. The van der Waals surface area contributed by atoms with Gasteiger partial charge in [-0.2, -0.15) is 0 Å². The monoisotopic (exact) mass is 303 g/mol. The molecule has 0 heterocycles. The van der Waals surface area contributed by atoms with Gasteiger partial charge in [0.05, 0.1) is 0 Å². The standard InChI is InChI=1S/C20H30FN/c1-15-14-18(21)10-11-20(15)17-8-6-16(7-9-17)12-13-22-19-4-2-3-5-19/h10-11,14,16-17,19,22H,2-9,12-13H2,1H3. The quantitative estimate of drug-likeness (QED) is 0.775. The van der Waals surface area contributed by atoms with Crippen LogP contribution in [0.25, 0.3) is 0 Å². The Balaban J connectivity index is 1.42. The van der Waals surface area contributed by atoms with Crippen LogP contribution in [-0.4, -0.2) is 12.6 Å². The van der Waals surface area contributed by atoms with Gasteiger partial charge in [-0.15, -0.1) is 0 Å². The molecule has 2 heteroatoms. The molecule has 0 unspecified atom stereocenters. The first kappa shape index (κ1) is 16.0. The summed E-state index contributed by atoms with van der Waals surface area (Å²) in [6.07, 6.45) is 12.2. The third kappa shape index (κ3) is 4.10. The van der Waals surface area contributed by atoms with Crippen LogP contribution < -0.4 is 5.32 Å². The summed E-state index contributed by atoms with van der Waals surface area (Å²) in [6.45, 7) is 3.26. The van der Waals surface area contributed by atoms with Crippen LogP contribution in [0.2, 0.25) is 0 Å². The molecule has 0 aromatic heterocycles. The Labute approximate surface area is 134 Å². The molecule has 0 bridgehead atoms.